The fourth-order valence-electron chi connectivity index (χ4n) is 3.16. The van der Waals surface area contributed by atoms with E-state index in [9.17, 15) is 5.26 Å². The Labute approximate surface area is 133 Å². The summed E-state index contributed by atoms with van der Waals surface area (Å²) < 4.78 is 7.30. The number of hydrogen-bond donors (Lipinski definition) is 1. The van der Waals surface area contributed by atoms with Gasteiger partial charge in [-0.1, -0.05) is 0 Å². The van der Waals surface area contributed by atoms with Gasteiger partial charge < -0.3 is 19.2 Å². The van der Waals surface area contributed by atoms with Gasteiger partial charge in [0.25, 0.3) is 0 Å². The van der Waals surface area contributed by atoms with Crippen molar-refractivity contribution in [1.82, 2.24) is 14.5 Å². The minimum Gasteiger partial charge on any atom is -0.378 e. The molecule has 0 aromatic carbocycles. The van der Waals surface area contributed by atoms with E-state index in [2.05, 4.69) is 27.0 Å². The number of ether oxygens (including phenoxy) is 1. The third kappa shape index (κ3) is 2.26. The lowest BCUT2D eigenvalue weighted by Crippen LogP contribution is -2.36. The van der Waals surface area contributed by atoms with Crippen LogP contribution in [-0.4, -0.2) is 40.8 Å². The molecule has 0 bridgehead atoms. The van der Waals surface area contributed by atoms with E-state index in [-0.39, 0.29) is 0 Å². The standard InChI is InChI=1S/C17H17N5O/c1-21-11-12(8-13(21)9-18)14-10-20-17-16(14)15(2-3-19-17)22-4-6-23-7-5-22/h2-3,8,10-11H,4-7H2,1H3,(H,19,20). The maximum absolute atomic E-state index is 9.19. The maximum atomic E-state index is 9.19. The average molecular weight is 307 g/mol. The average Bonchev–Trinajstić information content (AvgIpc) is 3.18. The minimum atomic E-state index is 0.645. The fraction of sp³-hybridized carbons (Fsp3) is 0.294. The molecule has 116 valence electrons. The molecule has 23 heavy (non-hydrogen) atoms. The first-order valence-corrected chi connectivity index (χ1v) is 7.63. The van der Waals surface area contributed by atoms with Gasteiger partial charge in [0.2, 0.25) is 0 Å². The molecule has 0 aliphatic carbocycles. The predicted octanol–water partition coefficient (Wildman–Crippen LogP) is 2.28. The molecule has 1 N–H and O–H groups in total. The third-order valence-corrected chi connectivity index (χ3v) is 4.33. The summed E-state index contributed by atoms with van der Waals surface area (Å²) >= 11 is 0. The van der Waals surface area contributed by atoms with E-state index in [4.69, 9.17) is 4.74 Å². The molecule has 4 rings (SSSR count). The van der Waals surface area contributed by atoms with Crippen LogP contribution < -0.4 is 4.90 Å². The topological polar surface area (TPSA) is 69.9 Å². The van der Waals surface area contributed by atoms with E-state index in [1.807, 2.05) is 36.3 Å². The largest absolute Gasteiger partial charge is 0.378 e. The fourth-order valence-corrected chi connectivity index (χ4v) is 3.16. The van der Waals surface area contributed by atoms with Gasteiger partial charge in [-0.05, 0) is 12.1 Å². The molecule has 3 aromatic heterocycles. The number of aromatic nitrogens is 3. The molecule has 0 atom stereocenters. The molecule has 6 heteroatoms. The van der Waals surface area contributed by atoms with E-state index in [0.717, 1.165) is 54.2 Å². The van der Waals surface area contributed by atoms with Gasteiger partial charge in [-0.15, -0.1) is 0 Å². The van der Waals surface area contributed by atoms with Crippen LogP contribution in [0.5, 0.6) is 0 Å². The Hall–Kier alpha value is -2.78. The number of fused-ring (bicyclic) bond motifs is 1. The van der Waals surface area contributed by atoms with Crippen molar-refractivity contribution in [3.8, 4) is 17.2 Å². The van der Waals surface area contributed by atoms with Crippen LogP contribution in [0.4, 0.5) is 5.69 Å². The number of rotatable bonds is 2. The highest BCUT2D eigenvalue weighted by Crippen LogP contribution is 2.35. The van der Waals surface area contributed by atoms with Crippen LogP contribution in [0.1, 0.15) is 5.69 Å². The number of morpholine rings is 1. The number of aromatic amines is 1. The summed E-state index contributed by atoms with van der Waals surface area (Å²) in [5, 5.41) is 10.3. The molecule has 0 saturated carbocycles. The minimum absolute atomic E-state index is 0.645. The van der Waals surface area contributed by atoms with Crippen molar-refractivity contribution >= 4 is 16.7 Å². The zero-order valence-electron chi connectivity index (χ0n) is 12.9. The van der Waals surface area contributed by atoms with Crippen LogP contribution in [0.15, 0.2) is 30.7 Å². The lowest BCUT2D eigenvalue weighted by molar-refractivity contribution is 0.123. The van der Waals surface area contributed by atoms with E-state index in [1.54, 1.807) is 0 Å². The molecule has 1 aliphatic rings. The van der Waals surface area contributed by atoms with Gasteiger partial charge in [0.15, 0.2) is 0 Å². The Morgan fingerprint density at radius 1 is 1.35 bits per heavy atom. The quantitative estimate of drug-likeness (QED) is 0.788. The second kappa shape index (κ2) is 5.45. The number of hydrogen-bond acceptors (Lipinski definition) is 4. The second-order valence-electron chi connectivity index (χ2n) is 5.69. The van der Waals surface area contributed by atoms with Crippen molar-refractivity contribution in [1.29, 1.82) is 5.26 Å². The van der Waals surface area contributed by atoms with Crippen molar-refractivity contribution in [2.24, 2.45) is 7.05 Å². The Morgan fingerprint density at radius 3 is 2.91 bits per heavy atom. The van der Waals surface area contributed by atoms with Crippen molar-refractivity contribution in [3.05, 3.63) is 36.4 Å². The van der Waals surface area contributed by atoms with Crippen LogP contribution in [0.3, 0.4) is 0 Å². The van der Waals surface area contributed by atoms with Gasteiger partial charge in [0.05, 0.1) is 18.9 Å². The zero-order valence-corrected chi connectivity index (χ0v) is 12.9. The van der Waals surface area contributed by atoms with Gasteiger partial charge in [-0.2, -0.15) is 5.26 Å². The van der Waals surface area contributed by atoms with Crippen LogP contribution in [0.2, 0.25) is 0 Å². The molecular formula is C17H17N5O. The molecule has 1 fully saturated rings. The summed E-state index contributed by atoms with van der Waals surface area (Å²) in [7, 11) is 1.89. The van der Waals surface area contributed by atoms with Gasteiger partial charge in [-0.3, -0.25) is 0 Å². The number of anilines is 1. The predicted molar refractivity (Wildman–Crippen MR) is 88.2 cm³/mol. The molecule has 0 amide bonds. The Morgan fingerprint density at radius 2 is 2.17 bits per heavy atom. The molecule has 6 nitrogen and oxygen atoms in total. The van der Waals surface area contributed by atoms with E-state index in [0.29, 0.717) is 5.69 Å². The maximum Gasteiger partial charge on any atom is 0.139 e. The summed E-state index contributed by atoms with van der Waals surface area (Å²) in [5.41, 5.74) is 4.78. The van der Waals surface area contributed by atoms with Crippen LogP contribution in [0, 0.1) is 11.3 Å². The van der Waals surface area contributed by atoms with E-state index in [1.165, 1.54) is 0 Å². The van der Waals surface area contributed by atoms with Crippen molar-refractivity contribution in [2.45, 2.75) is 0 Å². The number of nitriles is 1. The second-order valence-corrected chi connectivity index (χ2v) is 5.69. The third-order valence-electron chi connectivity index (χ3n) is 4.33. The first-order chi connectivity index (χ1) is 11.3. The molecule has 4 heterocycles. The Balaban J connectivity index is 1.88. The highest BCUT2D eigenvalue weighted by atomic mass is 16.5. The molecule has 1 aliphatic heterocycles. The SMILES string of the molecule is Cn1cc(-c2c[nH]c3nccc(N4CCOCC4)c23)cc1C#N. The summed E-state index contributed by atoms with van der Waals surface area (Å²) in [6, 6.07) is 6.18. The van der Waals surface area contributed by atoms with E-state index >= 15 is 0 Å². The number of H-pyrrole nitrogens is 1. The molecule has 0 unspecified atom stereocenters. The van der Waals surface area contributed by atoms with Crippen molar-refractivity contribution in [3.63, 3.8) is 0 Å². The van der Waals surface area contributed by atoms with Crippen LogP contribution >= 0.6 is 0 Å². The summed E-state index contributed by atoms with van der Waals surface area (Å²) in [6.45, 7) is 3.24. The number of pyridine rings is 1. The van der Waals surface area contributed by atoms with Crippen LogP contribution in [-0.2, 0) is 11.8 Å². The van der Waals surface area contributed by atoms with E-state index < -0.39 is 0 Å². The Kier molecular flexibility index (Phi) is 3.28. The number of nitrogens with zero attached hydrogens (tertiary/aromatic N) is 4. The summed E-state index contributed by atoms with van der Waals surface area (Å²) in [6.07, 6.45) is 5.79. The lowest BCUT2D eigenvalue weighted by Gasteiger charge is -2.29. The normalized spacial score (nSPS) is 15.0. The van der Waals surface area contributed by atoms with Gasteiger partial charge >= 0.3 is 0 Å². The van der Waals surface area contributed by atoms with Gasteiger partial charge in [0, 0.05) is 55.2 Å². The first kappa shape index (κ1) is 13.9. The highest BCUT2D eigenvalue weighted by Gasteiger charge is 2.19. The van der Waals surface area contributed by atoms with Crippen molar-refractivity contribution < 1.29 is 4.74 Å². The highest BCUT2D eigenvalue weighted by molar-refractivity contribution is 6.02. The van der Waals surface area contributed by atoms with Crippen molar-refractivity contribution in [2.75, 3.05) is 31.2 Å². The lowest BCUT2D eigenvalue weighted by atomic mass is 10.1. The molecule has 1 saturated heterocycles. The number of aryl methyl sites for hydroxylation is 1. The van der Waals surface area contributed by atoms with Gasteiger partial charge in [0.1, 0.15) is 17.4 Å². The molecule has 0 radical (unpaired) electrons. The summed E-state index contributed by atoms with van der Waals surface area (Å²) in [4.78, 5) is 10.0. The molecular weight excluding hydrogens is 290 g/mol. The molecule has 3 aromatic rings. The zero-order chi connectivity index (χ0) is 15.8. The van der Waals surface area contributed by atoms with Crippen LogP contribution in [0.25, 0.3) is 22.2 Å². The monoisotopic (exact) mass is 307 g/mol. The Bertz CT molecular complexity index is 895. The number of nitrogens with one attached hydrogen (secondary N) is 1. The molecule has 0 spiro atoms. The van der Waals surface area contributed by atoms with Gasteiger partial charge in [-0.25, -0.2) is 4.98 Å². The summed E-state index contributed by atoms with van der Waals surface area (Å²) in [5.74, 6) is 0. The first-order valence-electron chi connectivity index (χ1n) is 7.63. The smallest absolute Gasteiger partial charge is 0.139 e.